The van der Waals surface area contributed by atoms with Crippen LogP contribution < -0.4 is 10.6 Å². The third-order valence-electron chi connectivity index (χ3n) is 2.65. The van der Waals surface area contributed by atoms with Crippen molar-refractivity contribution in [2.24, 2.45) is 0 Å². The first-order valence-electron chi connectivity index (χ1n) is 6.43. The summed E-state index contributed by atoms with van der Waals surface area (Å²) in [6.45, 7) is 5.77. The number of rotatable bonds is 7. The Morgan fingerprint density at radius 2 is 2.00 bits per heavy atom. The molecule has 0 aliphatic heterocycles. The number of nitrogens with two attached hydrogens (primary N) is 1. The molecule has 0 heterocycles. The molecule has 1 aromatic rings. The van der Waals surface area contributed by atoms with E-state index in [9.17, 15) is 4.79 Å². The van der Waals surface area contributed by atoms with Gasteiger partial charge in [0.15, 0.2) is 0 Å². The monoisotopic (exact) mass is 250 g/mol. The topological polar surface area (TPSA) is 55.6 Å². The number of nitrogens with zero attached hydrogens (tertiary/aromatic N) is 1. The number of carbonyl (C=O) groups excluding carboxylic acids is 1. The van der Waals surface area contributed by atoms with Gasteiger partial charge < -0.3 is 15.4 Å². The van der Waals surface area contributed by atoms with Gasteiger partial charge in [0.1, 0.15) is 0 Å². The van der Waals surface area contributed by atoms with Gasteiger partial charge in [0, 0.05) is 13.2 Å². The summed E-state index contributed by atoms with van der Waals surface area (Å²) in [5, 5.41) is 0. The van der Waals surface area contributed by atoms with Crippen molar-refractivity contribution in [2.45, 2.75) is 26.7 Å². The first-order valence-corrected chi connectivity index (χ1v) is 6.43. The number of ether oxygens (including phenoxy) is 1. The molecular formula is C14H22N2O2. The summed E-state index contributed by atoms with van der Waals surface area (Å²) in [5.74, 6) is 0.0477. The van der Waals surface area contributed by atoms with E-state index in [1.54, 1.807) is 11.0 Å². The molecule has 100 valence electrons. The average molecular weight is 250 g/mol. The lowest BCUT2D eigenvalue weighted by Gasteiger charge is -2.22. The second-order valence-electron chi connectivity index (χ2n) is 4.06. The van der Waals surface area contributed by atoms with E-state index in [-0.39, 0.29) is 5.91 Å². The molecule has 0 aliphatic carbocycles. The van der Waals surface area contributed by atoms with Crippen LogP contribution in [0.2, 0.25) is 0 Å². The van der Waals surface area contributed by atoms with Gasteiger partial charge in [0.25, 0.3) is 0 Å². The number of hydrogen-bond acceptors (Lipinski definition) is 3. The molecule has 2 N–H and O–H groups in total. The van der Waals surface area contributed by atoms with Crippen LogP contribution in [0.1, 0.15) is 26.7 Å². The molecule has 0 bridgehead atoms. The molecule has 0 spiro atoms. The van der Waals surface area contributed by atoms with E-state index in [4.69, 9.17) is 10.5 Å². The molecule has 0 unspecified atom stereocenters. The number of nitrogen functional groups attached to an aromatic ring is 1. The molecule has 1 rings (SSSR count). The molecule has 0 atom stereocenters. The van der Waals surface area contributed by atoms with Gasteiger partial charge in [-0.2, -0.15) is 0 Å². The van der Waals surface area contributed by atoms with E-state index in [0.717, 1.165) is 12.1 Å². The Hall–Kier alpha value is -1.55. The van der Waals surface area contributed by atoms with E-state index in [1.165, 1.54) is 0 Å². The Bertz CT molecular complexity index is 380. The standard InChI is InChI=1S/C14H22N2O2/c1-3-10-18-11-9-14(17)16(4-2)13-8-6-5-7-12(13)15/h5-8H,3-4,9-11,15H2,1-2H3. The summed E-state index contributed by atoms with van der Waals surface area (Å²) >= 11 is 0. The SMILES string of the molecule is CCCOCCC(=O)N(CC)c1ccccc1N. The molecular weight excluding hydrogens is 228 g/mol. The van der Waals surface area contributed by atoms with Crippen molar-refractivity contribution in [3.63, 3.8) is 0 Å². The molecule has 0 saturated heterocycles. The van der Waals surface area contributed by atoms with Crippen LogP contribution in [0, 0.1) is 0 Å². The zero-order valence-electron chi connectivity index (χ0n) is 11.2. The molecule has 0 fully saturated rings. The van der Waals surface area contributed by atoms with Crippen LogP contribution in [0.3, 0.4) is 0 Å². The number of carbonyl (C=O) groups is 1. The maximum atomic E-state index is 12.1. The summed E-state index contributed by atoms with van der Waals surface area (Å²) in [6, 6.07) is 7.42. The normalized spacial score (nSPS) is 10.3. The van der Waals surface area contributed by atoms with Gasteiger partial charge in [-0.15, -0.1) is 0 Å². The maximum Gasteiger partial charge on any atom is 0.229 e. The van der Waals surface area contributed by atoms with E-state index >= 15 is 0 Å². The molecule has 18 heavy (non-hydrogen) atoms. The Morgan fingerprint density at radius 1 is 1.28 bits per heavy atom. The molecule has 0 radical (unpaired) electrons. The van der Waals surface area contributed by atoms with E-state index < -0.39 is 0 Å². The molecule has 0 aliphatic rings. The van der Waals surface area contributed by atoms with Crippen molar-refractivity contribution in [1.82, 2.24) is 0 Å². The fourth-order valence-electron chi connectivity index (χ4n) is 1.76. The molecule has 0 saturated carbocycles. The quantitative estimate of drug-likeness (QED) is 0.597. The maximum absolute atomic E-state index is 12.1. The smallest absolute Gasteiger partial charge is 0.229 e. The highest BCUT2D eigenvalue weighted by Crippen LogP contribution is 2.22. The average Bonchev–Trinajstić information content (AvgIpc) is 2.38. The fraction of sp³-hybridized carbons (Fsp3) is 0.500. The van der Waals surface area contributed by atoms with Gasteiger partial charge in [-0.1, -0.05) is 19.1 Å². The van der Waals surface area contributed by atoms with Gasteiger partial charge >= 0.3 is 0 Å². The summed E-state index contributed by atoms with van der Waals surface area (Å²) in [6.07, 6.45) is 1.36. The fourth-order valence-corrected chi connectivity index (χ4v) is 1.76. The molecule has 4 nitrogen and oxygen atoms in total. The lowest BCUT2D eigenvalue weighted by atomic mass is 10.2. The van der Waals surface area contributed by atoms with Crippen LogP contribution in [-0.2, 0) is 9.53 Å². The van der Waals surface area contributed by atoms with Crippen molar-refractivity contribution in [3.05, 3.63) is 24.3 Å². The van der Waals surface area contributed by atoms with Gasteiger partial charge in [-0.25, -0.2) is 0 Å². The van der Waals surface area contributed by atoms with Crippen molar-refractivity contribution in [2.75, 3.05) is 30.4 Å². The zero-order chi connectivity index (χ0) is 13.4. The minimum Gasteiger partial charge on any atom is -0.397 e. The third kappa shape index (κ3) is 4.04. The molecule has 0 aromatic heterocycles. The highest BCUT2D eigenvalue weighted by Gasteiger charge is 2.15. The van der Waals surface area contributed by atoms with Crippen molar-refractivity contribution in [1.29, 1.82) is 0 Å². The van der Waals surface area contributed by atoms with E-state index in [2.05, 4.69) is 0 Å². The highest BCUT2D eigenvalue weighted by molar-refractivity contribution is 5.96. The van der Waals surface area contributed by atoms with Crippen molar-refractivity contribution >= 4 is 17.3 Å². The zero-order valence-corrected chi connectivity index (χ0v) is 11.2. The van der Waals surface area contributed by atoms with Gasteiger partial charge in [0.2, 0.25) is 5.91 Å². The lowest BCUT2D eigenvalue weighted by molar-refractivity contribution is -0.119. The second kappa shape index (κ2) is 7.71. The Balaban J connectivity index is 2.60. The van der Waals surface area contributed by atoms with Crippen LogP contribution in [0.25, 0.3) is 0 Å². The Labute approximate surface area is 109 Å². The summed E-state index contributed by atoms with van der Waals surface area (Å²) in [5.41, 5.74) is 7.29. The largest absolute Gasteiger partial charge is 0.397 e. The van der Waals surface area contributed by atoms with E-state index in [1.807, 2.05) is 32.0 Å². The predicted octanol–water partition coefficient (Wildman–Crippen LogP) is 2.44. The first kappa shape index (κ1) is 14.5. The predicted molar refractivity (Wildman–Crippen MR) is 74.6 cm³/mol. The highest BCUT2D eigenvalue weighted by atomic mass is 16.5. The molecule has 1 amide bonds. The summed E-state index contributed by atoms with van der Waals surface area (Å²) in [4.78, 5) is 13.8. The van der Waals surface area contributed by atoms with Crippen molar-refractivity contribution < 1.29 is 9.53 Å². The number of benzene rings is 1. The summed E-state index contributed by atoms with van der Waals surface area (Å²) < 4.78 is 5.34. The minimum absolute atomic E-state index is 0.0477. The second-order valence-corrected chi connectivity index (χ2v) is 4.06. The van der Waals surface area contributed by atoms with Crippen LogP contribution >= 0.6 is 0 Å². The number of amides is 1. The first-order chi connectivity index (χ1) is 8.70. The Kier molecular flexibility index (Phi) is 6.22. The van der Waals surface area contributed by atoms with Crippen molar-refractivity contribution in [3.8, 4) is 0 Å². The summed E-state index contributed by atoms with van der Waals surface area (Å²) in [7, 11) is 0. The number of anilines is 2. The van der Waals surface area contributed by atoms with E-state index in [0.29, 0.717) is 31.9 Å². The Morgan fingerprint density at radius 3 is 2.61 bits per heavy atom. The van der Waals surface area contributed by atoms with Crippen LogP contribution in [0.4, 0.5) is 11.4 Å². The van der Waals surface area contributed by atoms with Crippen LogP contribution in [-0.4, -0.2) is 25.7 Å². The van der Waals surface area contributed by atoms with Gasteiger partial charge in [0.05, 0.1) is 24.4 Å². The molecule has 4 heteroatoms. The number of hydrogen-bond donors (Lipinski definition) is 1. The van der Waals surface area contributed by atoms with Gasteiger partial charge in [-0.3, -0.25) is 4.79 Å². The van der Waals surface area contributed by atoms with Gasteiger partial charge in [-0.05, 0) is 25.5 Å². The minimum atomic E-state index is 0.0477. The lowest BCUT2D eigenvalue weighted by Crippen LogP contribution is -2.32. The van der Waals surface area contributed by atoms with Crippen LogP contribution in [0.5, 0.6) is 0 Å². The number of para-hydroxylation sites is 2. The molecule has 1 aromatic carbocycles. The third-order valence-corrected chi connectivity index (χ3v) is 2.65. The van der Waals surface area contributed by atoms with Crippen LogP contribution in [0.15, 0.2) is 24.3 Å².